The Hall–Kier alpha value is -4.01. The Balaban J connectivity index is 1.46. The minimum Gasteiger partial charge on any atom is -0.481 e. The molecule has 0 aromatic heterocycles. The SMILES string of the molecule is O=C(O)CCc1ccc(C(Nc2ccc(CN3CCOCC3)cc2)=C2C(=O)Nc3cc(F)ccc32)cc1. The molecule has 3 aromatic carbocycles. The topological polar surface area (TPSA) is 90.9 Å². The molecule has 0 radical (unpaired) electrons. The Morgan fingerprint density at radius 2 is 1.70 bits per heavy atom. The number of anilines is 2. The smallest absolute Gasteiger partial charge is 0.303 e. The first-order chi connectivity index (χ1) is 18.0. The molecule has 2 heterocycles. The summed E-state index contributed by atoms with van der Waals surface area (Å²) >= 11 is 0. The van der Waals surface area contributed by atoms with Gasteiger partial charge in [-0.15, -0.1) is 0 Å². The summed E-state index contributed by atoms with van der Waals surface area (Å²) in [5.41, 5.74) is 5.71. The van der Waals surface area contributed by atoms with Gasteiger partial charge in [-0.25, -0.2) is 4.39 Å². The van der Waals surface area contributed by atoms with Crippen LogP contribution in [0.25, 0.3) is 11.3 Å². The highest BCUT2D eigenvalue weighted by atomic mass is 19.1. The van der Waals surface area contributed by atoms with Gasteiger partial charge in [0, 0.05) is 37.3 Å². The third-order valence-corrected chi connectivity index (χ3v) is 6.58. The summed E-state index contributed by atoms with van der Waals surface area (Å²) in [7, 11) is 0. The fourth-order valence-corrected chi connectivity index (χ4v) is 4.62. The zero-order valence-electron chi connectivity index (χ0n) is 20.3. The van der Waals surface area contributed by atoms with E-state index in [1.807, 2.05) is 36.4 Å². The second-order valence-corrected chi connectivity index (χ2v) is 9.20. The zero-order chi connectivity index (χ0) is 25.8. The molecule has 0 bridgehead atoms. The van der Waals surface area contributed by atoms with Crippen molar-refractivity contribution >= 4 is 34.5 Å². The van der Waals surface area contributed by atoms with E-state index < -0.39 is 11.8 Å². The predicted octanol–water partition coefficient (Wildman–Crippen LogP) is 4.61. The molecule has 1 fully saturated rings. The number of nitrogens with one attached hydrogen (secondary N) is 2. The number of hydrogen-bond donors (Lipinski definition) is 3. The molecule has 37 heavy (non-hydrogen) atoms. The molecule has 3 N–H and O–H groups in total. The average molecular weight is 502 g/mol. The fraction of sp³-hybridized carbons (Fsp3) is 0.241. The summed E-state index contributed by atoms with van der Waals surface area (Å²) in [5.74, 6) is -1.59. The van der Waals surface area contributed by atoms with Crippen molar-refractivity contribution in [1.82, 2.24) is 4.90 Å². The van der Waals surface area contributed by atoms with E-state index in [4.69, 9.17) is 9.84 Å². The molecule has 190 valence electrons. The monoisotopic (exact) mass is 501 g/mol. The molecular formula is C29H28FN3O4. The first-order valence-corrected chi connectivity index (χ1v) is 12.3. The number of aliphatic carboxylic acids is 1. The lowest BCUT2D eigenvalue weighted by Crippen LogP contribution is -2.35. The molecule has 0 atom stereocenters. The van der Waals surface area contributed by atoms with Gasteiger partial charge in [0.1, 0.15) is 5.82 Å². The Morgan fingerprint density at radius 3 is 2.41 bits per heavy atom. The molecule has 2 aliphatic rings. The highest BCUT2D eigenvalue weighted by Gasteiger charge is 2.29. The van der Waals surface area contributed by atoms with Gasteiger partial charge >= 0.3 is 5.97 Å². The minimum atomic E-state index is -0.850. The van der Waals surface area contributed by atoms with Gasteiger partial charge < -0.3 is 20.5 Å². The maximum atomic E-state index is 13.8. The van der Waals surface area contributed by atoms with Crippen LogP contribution in [0, 0.1) is 5.82 Å². The number of aryl methyl sites for hydroxylation is 1. The summed E-state index contributed by atoms with van der Waals surface area (Å²) in [5, 5.41) is 15.2. The number of carboxylic acids is 1. The molecule has 8 heteroatoms. The van der Waals surface area contributed by atoms with Crippen molar-refractivity contribution in [3.63, 3.8) is 0 Å². The average Bonchev–Trinajstić information content (AvgIpc) is 3.22. The lowest BCUT2D eigenvalue weighted by Gasteiger charge is -2.26. The first kappa shape index (κ1) is 24.7. The van der Waals surface area contributed by atoms with Gasteiger partial charge in [-0.3, -0.25) is 14.5 Å². The van der Waals surface area contributed by atoms with Crippen molar-refractivity contribution in [1.29, 1.82) is 0 Å². The number of amides is 1. The normalized spacial score (nSPS) is 16.7. The van der Waals surface area contributed by atoms with Crippen LogP contribution >= 0.6 is 0 Å². The van der Waals surface area contributed by atoms with Crippen LogP contribution in [0.4, 0.5) is 15.8 Å². The number of carbonyl (C=O) groups excluding carboxylic acids is 1. The number of nitrogens with zero attached hydrogens (tertiary/aromatic N) is 1. The second-order valence-electron chi connectivity index (χ2n) is 9.20. The number of rotatable bonds is 8. The van der Waals surface area contributed by atoms with E-state index in [0.717, 1.165) is 49.7 Å². The zero-order valence-corrected chi connectivity index (χ0v) is 20.3. The third kappa shape index (κ3) is 5.87. The number of carbonyl (C=O) groups is 2. The summed E-state index contributed by atoms with van der Waals surface area (Å²) in [6, 6.07) is 19.8. The first-order valence-electron chi connectivity index (χ1n) is 12.3. The maximum Gasteiger partial charge on any atom is 0.303 e. The van der Waals surface area contributed by atoms with Crippen molar-refractivity contribution in [3.05, 3.63) is 94.8 Å². The van der Waals surface area contributed by atoms with Crippen molar-refractivity contribution < 1.29 is 23.8 Å². The van der Waals surface area contributed by atoms with E-state index in [-0.39, 0.29) is 12.3 Å². The van der Waals surface area contributed by atoms with Crippen LogP contribution in [0.2, 0.25) is 0 Å². The number of halogens is 1. The number of fused-ring (bicyclic) bond motifs is 1. The summed E-state index contributed by atoms with van der Waals surface area (Å²) < 4.78 is 19.3. The van der Waals surface area contributed by atoms with E-state index in [0.29, 0.717) is 28.9 Å². The van der Waals surface area contributed by atoms with Crippen molar-refractivity contribution in [3.8, 4) is 0 Å². The molecular weight excluding hydrogens is 473 g/mol. The van der Waals surface area contributed by atoms with Crippen LogP contribution < -0.4 is 10.6 Å². The summed E-state index contributed by atoms with van der Waals surface area (Å²) in [6.45, 7) is 4.16. The number of hydrogen-bond acceptors (Lipinski definition) is 5. The van der Waals surface area contributed by atoms with Gasteiger partial charge in [-0.2, -0.15) is 0 Å². The van der Waals surface area contributed by atoms with Gasteiger partial charge in [0.25, 0.3) is 5.91 Å². The largest absolute Gasteiger partial charge is 0.481 e. The molecule has 2 aliphatic heterocycles. The molecule has 1 amide bonds. The van der Waals surface area contributed by atoms with Gasteiger partial charge in [0.15, 0.2) is 0 Å². The van der Waals surface area contributed by atoms with Gasteiger partial charge in [0.2, 0.25) is 0 Å². The fourth-order valence-electron chi connectivity index (χ4n) is 4.62. The molecule has 0 aliphatic carbocycles. The highest BCUT2D eigenvalue weighted by molar-refractivity contribution is 6.37. The molecule has 0 saturated carbocycles. The van der Waals surface area contributed by atoms with Crippen LogP contribution in [0.1, 0.15) is 28.7 Å². The molecule has 0 spiro atoms. The Bertz CT molecular complexity index is 1330. The van der Waals surface area contributed by atoms with E-state index in [9.17, 15) is 14.0 Å². The van der Waals surface area contributed by atoms with Gasteiger partial charge in [-0.05, 0) is 53.4 Å². The summed E-state index contributed by atoms with van der Waals surface area (Å²) in [6.07, 6.45) is 0.464. The van der Waals surface area contributed by atoms with E-state index >= 15 is 0 Å². The van der Waals surface area contributed by atoms with E-state index in [1.165, 1.54) is 17.7 Å². The highest BCUT2D eigenvalue weighted by Crippen LogP contribution is 2.38. The van der Waals surface area contributed by atoms with Gasteiger partial charge in [0.05, 0.1) is 30.2 Å². The van der Waals surface area contributed by atoms with E-state index in [1.54, 1.807) is 6.07 Å². The molecule has 5 rings (SSSR count). The van der Waals surface area contributed by atoms with Crippen molar-refractivity contribution in [2.24, 2.45) is 0 Å². The second kappa shape index (κ2) is 10.9. The quantitative estimate of drug-likeness (QED) is 0.391. The van der Waals surface area contributed by atoms with Crippen LogP contribution in [-0.4, -0.2) is 48.2 Å². The predicted molar refractivity (Wildman–Crippen MR) is 140 cm³/mol. The maximum absolute atomic E-state index is 13.8. The Labute approximate surface area is 214 Å². The third-order valence-electron chi connectivity index (χ3n) is 6.58. The number of ether oxygens (including phenoxy) is 1. The van der Waals surface area contributed by atoms with Crippen LogP contribution in [0.15, 0.2) is 66.7 Å². The minimum absolute atomic E-state index is 0.0453. The van der Waals surface area contributed by atoms with Crippen LogP contribution in [-0.2, 0) is 27.3 Å². The number of carboxylic acid groups (broad SMARTS) is 1. The van der Waals surface area contributed by atoms with Crippen molar-refractivity contribution in [2.75, 3.05) is 36.9 Å². The molecule has 0 unspecified atom stereocenters. The Morgan fingerprint density at radius 1 is 1.00 bits per heavy atom. The molecule has 7 nitrogen and oxygen atoms in total. The standard InChI is InChI=1S/C29H28FN3O4/c30-22-8-11-24-25(17-22)32-29(36)27(24)28(21-6-1-19(2-7-21)5-12-26(34)35)31-23-9-3-20(4-10-23)18-33-13-15-37-16-14-33/h1-4,6-11,17,31H,5,12-16,18H2,(H,32,36)(H,34,35). The lowest BCUT2D eigenvalue weighted by molar-refractivity contribution is -0.137. The number of morpholine rings is 1. The summed E-state index contributed by atoms with van der Waals surface area (Å²) in [4.78, 5) is 26.3. The Kier molecular flexibility index (Phi) is 7.30. The van der Waals surface area contributed by atoms with Crippen LogP contribution in [0.5, 0.6) is 0 Å². The van der Waals surface area contributed by atoms with Crippen molar-refractivity contribution in [2.45, 2.75) is 19.4 Å². The number of benzene rings is 3. The van der Waals surface area contributed by atoms with Gasteiger partial charge in [-0.1, -0.05) is 36.4 Å². The molecule has 3 aromatic rings. The van der Waals surface area contributed by atoms with E-state index in [2.05, 4.69) is 27.7 Å². The van der Waals surface area contributed by atoms with Crippen LogP contribution in [0.3, 0.4) is 0 Å². The lowest BCUT2D eigenvalue weighted by atomic mass is 9.98. The molecule has 1 saturated heterocycles.